The maximum absolute atomic E-state index is 12.5. The zero-order chi connectivity index (χ0) is 13.8. The van der Waals surface area contributed by atoms with Gasteiger partial charge in [0.2, 0.25) is 0 Å². The van der Waals surface area contributed by atoms with Crippen molar-refractivity contribution in [3.8, 4) is 0 Å². The van der Waals surface area contributed by atoms with Gasteiger partial charge < -0.3 is 14.9 Å². The molecule has 1 amide bonds. The van der Waals surface area contributed by atoms with Crippen molar-refractivity contribution >= 4 is 39.8 Å². The summed E-state index contributed by atoms with van der Waals surface area (Å²) < 4.78 is 1.12. The van der Waals surface area contributed by atoms with Crippen molar-refractivity contribution in [1.82, 2.24) is 9.80 Å². The molecule has 1 saturated heterocycles. The average Bonchev–Trinajstić information content (AvgIpc) is 2.83. The Bertz CT molecular complexity index is 430. The highest BCUT2D eigenvalue weighted by atomic mass is 127. The van der Waals surface area contributed by atoms with E-state index in [1.165, 1.54) is 0 Å². The van der Waals surface area contributed by atoms with E-state index in [9.17, 15) is 9.90 Å². The van der Waals surface area contributed by atoms with E-state index >= 15 is 0 Å². The van der Waals surface area contributed by atoms with Crippen LogP contribution in [0.3, 0.4) is 0 Å². The van der Waals surface area contributed by atoms with Gasteiger partial charge in [-0.3, -0.25) is 4.79 Å². The lowest BCUT2D eigenvalue weighted by Gasteiger charge is -2.37. The molecule has 2 heterocycles. The molecule has 1 aliphatic heterocycles. The standard InChI is InChI=1S/C13H19IN2O2S/c1-15-4-2-11(3-5-15)16(6-7-17)13(18)10-8-12(14)19-9-10/h8-9,11,17H,2-7H2,1H3. The third-order valence-corrected chi connectivity index (χ3v) is 5.33. The molecule has 4 nitrogen and oxygen atoms in total. The smallest absolute Gasteiger partial charge is 0.255 e. The first kappa shape index (κ1) is 15.2. The highest BCUT2D eigenvalue weighted by Crippen LogP contribution is 2.22. The molecule has 1 fully saturated rings. The van der Waals surface area contributed by atoms with E-state index in [2.05, 4.69) is 34.5 Å². The lowest BCUT2D eigenvalue weighted by molar-refractivity contribution is 0.0540. The zero-order valence-corrected chi connectivity index (χ0v) is 14.0. The molecule has 6 heteroatoms. The number of amides is 1. The predicted octanol–water partition coefficient (Wildman–Crippen LogP) is 1.88. The Balaban J connectivity index is 2.08. The maximum atomic E-state index is 12.5. The molecular formula is C13H19IN2O2S. The first-order valence-electron chi connectivity index (χ1n) is 6.46. The number of aliphatic hydroxyl groups excluding tert-OH is 1. The summed E-state index contributed by atoms with van der Waals surface area (Å²) >= 11 is 3.81. The minimum absolute atomic E-state index is 0.0271. The van der Waals surface area contributed by atoms with Crippen LogP contribution in [0.1, 0.15) is 23.2 Å². The summed E-state index contributed by atoms with van der Waals surface area (Å²) in [5.74, 6) is 0.0581. The average molecular weight is 394 g/mol. The second kappa shape index (κ2) is 7.01. The van der Waals surface area contributed by atoms with Crippen LogP contribution < -0.4 is 0 Å². The van der Waals surface area contributed by atoms with Crippen molar-refractivity contribution in [3.05, 3.63) is 19.9 Å². The van der Waals surface area contributed by atoms with Crippen molar-refractivity contribution in [2.45, 2.75) is 18.9 Å². The number of rotatable bonds is 4. The van der Waals surface area contributed by atoms with Gasteiger partial charge in [-0.25, -0.2) is 0 Å². The van der Waals surface area contributed by atoms with Crippen LogP contribution in [0.2, 0.25) is 0 Å². The van der Waals surface area contributed by atoms with Gasteiger partial charge in [-0.15, -0.1) is 11.3 Å². The van der Waals surface area contributed by atoms with Gasteiger partial charge >= 0.3 is 0 Å². The van der Waals surface area contributed by atoms with Crippen molar-refractivity contribution in [1.29, 1.82) is 0 Å². The number of carbonyl (C=O) groups is 1. The van der Waals surface area contributed by atoms with E-state index in [1.807, 2.05) is 16.3 Å². The van der Waals surface area contributed by atoms with Gasteiger partial charge in [-0.2, -0.15) is 0 Å². The van der Waals surface area contributed by atoms with Crippen molar-refractivity contribution in [3.63, 3.8) is 0 Å². The molecule has 0 saturated carbocycles. The van der Waals surface area contributed by atoms with Gasteiger partial charge in [0.1, 0.15) is 0 Å². The molecule has 0 aliphatic carbocycles. The quantitative estimate of drug-likeness (QED) is 0.794. The van der Waals surface area contributed by atoms with Gasteiger partial charge in [0.15, 0.2) is 0 Å². The molecular weight excluding hydrogens is 375 g/mol. The first-order chi connectivity index (χ1) is 9.11. The fourth-order valence-corrected chi connectivity index (χ4v) is 3.77. The zero-order valence-electron chi connectivity index (χ0n) is 11.0. The van der Waals surface area contributed by atoms with E-state index in [0.29, 0.717) is 6.54 Å². The van der Waals surface area contributed by atoms with E-state index < -0.39 is 0 Å². The van der Waals surface area contributed by atoms with Crippen LogP contribution in [0.15, 0.2) is 11.4 Å². The van der Waals surface area contributed by atoms with Gasteiger partial charge in [-0.05, 0) is 61.6 Å². The fraction of sp³-hybridized carbons (Fsp3) is 0.615. The molecule has 19 heavy (non-hydrogen) atoms. The Hall–Kier alpha value is -0.180. The Labute approximate surface area is 131 Å². The number of hydrogen-bond acceptors (Lipinski definition) is 4. The lowest BCUT2D eigenvalue weighted by atomic mass is 10.0. The summed E-state index contributed by atoms with van der Waals surface area (Å²) in [5.41, 5.74) is 0.752. The second-order valence-electron chi connectivity index (χ2n) is 4.90. The monoisotopic (exact) mass is 394 g/mol. The van der Waals surface area contributed by atoms with E-state index in [0.717, 1.165) is 34.4 Å². The molecule has 106 valence electrons. The molecule has 1 N–H and O–H groups in total. The Morgan fingerprint density at radius 3 is 2.79 bits per heavy atom. The third kappa shape index (κ3) is 3.90. The summed E-state index contributed by atoms with van der Waals surface area (Å²) in [5, 5.41) is 11.1. The maximum Gasteiger partial charge on any atom is 0.255 e. The van der Waals surface area contributed by atoms with Gasteiger partial charge in [0.05, 0.1) is 15.1 Å². The van der Waals surface area contributed by atoms with Gasteiger partial charge in [0.25, 0.3) is 5.91 Å². The highest BCUT2D eigenvalue weighted by Gasteiger charge is 2.27. The Morgan fingerprint density at radius 2 is 2.26 bits per heavy atom. The molecule has 0 radical (unpaired) electrons. The number of halogens is 1. The van der Waals surface area contributed by atoms with Crippen LogP contribution in [0.25, 0.3) is 0 Å². The number of hydrogen-bond donors (Lipinski definition) is 1. The van der Waals surface area contributed by atoms with Crippen LogP contribution in [0.4, 0.5) is 0 Å². The summed E-state index contributed by atoms with van der Waals surface area (Å²) in [4.78, 5) is 16.7. The van der Waals surface area contributed by atoms with E-state index in [-0.39, 0.29) is 18.6 Å². The molecule has 0 unspecified atom stereocenters. The Morgan fingerprint density at radius 1 is 1.58 bits per heavy atom. The third-order valence-electron chi connectivity index (χ3n) is 3.55. The number of carbonyl (C=O) groups excluding carboxylic acids is 1. The molecule has 1 aliphatic rings. The molecule has 0 bridgehead atoms. The molecule has 0 atom stereocenters. The van der Waals surface area contributed by atoms with Crippen LogP contribution >= 0.6 is 33.9 Å². The number of piperidine rings is 1. The molecule has 1 aromatic heterocycles. The van der Waals surface area contributed by atoms with Crippen molar-refractivity contribution in [2.24, 2.45) is 0 Å². The van der Waals surface area contributed by atoms with Crippen LogP contribution in [0, 0.1) is 2.88 Å². The first-order valence-corrected chi connectivity index (χ1v) is 8.42. The molecule has 1 aromatic rings. The summed E-state index contributed by atoms with van der Waals surface area (Å²) in [6.07, 6.45) is 1.98. The van der Waals surface area contributed by atoms with Gasteiger partial charge in [0, 0.05) is 18.0 Å². The molecule has 0 aromatic carbocycles. The number of thiophene rings is 1. The number of aliphatic hydroxyl groups is 1. The molecule has 0 spiro atoms. The van der Waals surface area contributed by atoms with Gasteiger partial charge in [-0.1, -0.05) is 0 Å². The van der Waals surface area contributed by atoms with Crippen LogP contribution in [-0.4, -0.2) is 60.1 Å². The van der Waals surface area contributed by atoms with E-state index in [1.54, 1.807) is 11.3 Å². The fourth-order valence-electron chi connectivity index (χ4n) is 2.45. The SMILES string of the molecule is CN1CCC(N(CCO)C(=O)c2csc(I)c2)CC1. The predicted molar refractivity (Wildman–Crippen MR) is 85.7 cm³/mol. The summed E-state index contributed by atoms with van der Waals surface area (Å²) in [6.45, 7) is 2.49. The highest BCUT2D eigenvalue weighted by molar-refractivity contribution is 14.1. The van der Waals surface area contributed by atoms with E-state index in [4.69, 9.17) is 0 Å². The molecule has 2 rings (SSSR count). The van der Waals surface area contributed by atoms with Crippen molar-refractivity contribution < 1.29 is 9.90 Å². The lowest BCUT2D eigenvalue weighted by Crippen LogP contribution is -2.47. The topological polar surface area (TPSA) is 43.8 Å². The van der Waals surface area contributed by atoms with Crippen LogP contribution in [0.5, 0.6) is 0 Å². The minimum Gasteiger partial charge on any atom is -0.395 e. The Kier molecular flexibility index (Phi) is 5.61. The van der Waals surface area contributed by atoms with Crippen LogP contribution in [-0.2, 0) is 0 Å². The minimum atomic E-state index is 0.0271. The largest absolute Gasteiger partial charge is 0.395 e. The second-order valence-corrected chi connectivity index (χ2v) is 7.70. The normalized spacial score (nSPS) is 17.6. The number of likely N-dealkylation sites (tertiary alicyclic amines) is 1. The number of nitrogens with zero attached hydrogens (tertiary/aromatic N) is 2. The van der Waals surface area contributed by atoms with Crippen molar-refractivity contribution in [2.75, 3.05) is 33.3 Å². The summed E-state index contributed by atoms with van der Waals surface area (Å²) in [7, 11) is 2.11. The summed E-state index contributed by atoms with van der Waals surface area (Å²) in [6, 6.07) is 2.18.